The van der Waals surface area contributed by atoms with E-state index in [4.69, 9.17) is 5.11 Å². The van der Waals surface area contributed by atoms with Crippen molar-refractivity contribution in [3.8, 4) is 0 Å². The maximum absolute atomic E-state index is 9.56. The Labute approximate surface area is 95.3 Å². The van der Waals surface area contributed by atoms with Gasteiger partial charge in [-0.15, -0.1) is 11.8 Å². The van der Waals surface area contributed by atoms with Gasteiger partial charge in [-0.1, -0.05) is 25.1 Å². The van der Waals surface area contributed by atoms with E-state index in [0.717, 1.165) is 16.2 Å². The fourth-order valence-electron chi connectivity index (χ4n) is 1.24. The molecule has 2 nitrogen and oxygen atoms in total. The summed E-state index contributed by atoms with van der Waals surface area (Å²) in [5.41, 5.74) is 0.965. The molecule has 1 aromatic rings. The number of hydrogen-bond donors (Lipinski definition) is 2. The molecule has 0 heterocycles. The zero-order chi connectivity index (χ0) is 11.3. The van der Waals surface area contributed by atoms with Crippen molar-refractivity contribution < 1.29 is 10.2 Å². The monoisotopic (exact) mass is 226 g/mol. The highest BCUT2D eigenvalue weighted by atomic mass is 32.2. The van der Waals surface area contributed by atoms with E-state index in [0.29, 0.717) is 0 Å². The lowest BCUT2D eigenvalue weighted by molar-refractivity contribution is 0.196. The van der Waals surface area contributed by atoms with E-state index in [1.54, 1.807) is 18.7 Å². The maximum Gasteiger partial charge on any atom is 0.0772 e. The van der Waals surface area contributed by atoms with Crippen LogP contribution < -0.4 is 0 Å². The van der Waals surface area contributed by atoms with E-state index in [9.17, 15) is 5.11 Å². The normalized spacial score (nSPS) is 14.9. The third-order valence-corrected chi connectivity index (χ3v) is 3.62. The Morgan fingerprint density at radius 3 is 2.53 bits per heavy atom. The van der Waals surface area contributed by atoms with Gasteiger partial charge in [-0.2, -0.15) is 0 Å². The molecule has 0 bridgehead atoms. The van der Waals surface area contributed by atoms with Crippen LogP contribution in [0, 0.1) is 5.92 Å². The first kappa shape index (κ1) is 12.6. The van der Waals surface area contributed by atoms with Gasteiger partial charge in [0.05, 0.1) is 6.10 Å². The van der Waals surface area contributed by atoms with Crippen molar-refractivity contribution >= 4 is 11.8 Å². The molecule has 0 aliphatic heterocycles. The van der Waals surface area contributed by atoms with E-state index in [2.05, 4.69) is 0 Å². The lowest BCUT2D eigenvalue weighted by Crippen LogP contribution is -2.04. The summed E-state index contributed by atoms with van der Waals surface area (Å²) in [6.07, 6.45) is -0.432. The van der Waals surface area contributed by atoms with Crippen molar-refractivity contribution in [2.24, 2.45) is 5.92 Å². The summed E-state index contributed by atoms with van der Waals surface area (Å²) in [4.78, 5) is 1.10. The third-order valence-electron chi connectivity index (χ3n) is 2.20. The van der Waals surface area contributed by atoms with Crippen LogP contribution in [-0.4, -0.2) is 22.6 Å². The Kier molecular flexibility index (Phi) is 5.15. The molecule has 15 heavy (non-hydrogen) atoms. The highest BCUT2D eigenvalue weighted by Gasteiger charge is 2.08. The Morgan fingerprint density at radius 1 is 1.27 bits per heavy atom. The lowest BCUT2D eigenvalue weighted by Gasteiger charge is -2.13. The van der Waals surface area contributed by atoms with Crippen molar-refractivity contribution in [2.45, 2.75) is 24.8 Å². The lowest BCUT2D eigenvalue weighted by atomic mass is 10.1. The summed E-state index contributed by atoms with van der Waals surface area (Å²) in [5, 5.41) is 18.5. The summed E-state index contributed by atoms with van der Waals surface area (Å²) < 4.78 is 0. The molecule has 0 radical (unpaired) electrons. The van der Waals surface area contributed by atoms with Gasteiger partial charge in [0.1, 0.15) is 0 Å². The second kappa shape index (κ2) is 6.16. The van der Waals surface area contributed by atoms with Gasteiger partial charge in [0.2, 0.25) is 0 Å². The smallest absolute Gasteiger partial charge is 0.0772 e. The highest BCUT2D eigenvalue weighted by Crippen LogP contribution is 2.28. The molecule has 3 heteroatoms. The molecule has 0 fully saturated rings. The van der Waals surface area contributed by atoms with Crippen LogP contribution in [0.25, 0.3) is 0 Å². The van der Waals surface area contributed by atoms with Crippen molar-refractivity contribution in [1.29, 1.82) is 0 Å². The number of benzene rings is 1. The van der Waals surface area contributed by atoms with Crippen LogP contribution in [0.2, 0.25) is 0 Å². The zero-order valence-electron chi connectivity index (χ0n) is 9.18. The number of aliphatic hydroxyl groups excluding tert-OH is 2. The first-order valence-electron chi connectivity index (χ1n) is 5.15. The van der Waals surface area contributed by atoms with Gasteiger partial charge in [0, 0.05) is 17.3 Å². The van der Waals surface area contributed by atoms with Crippen molar-refractivity contribution in [1.82, 2.24) is 0 Å². The minimum Gasteiger partial charge on any atom is -0.396 e. The predicted octanol–water partition coefficient (Wildman–Crippen LogP) is 2.46. The first-order chi connectivity index (χ1) is 7.15. The molecule has 0 saturated carbocycles. The summed E-state index contributed by atoms with van der Waals surface area (Å²) in [6, 6.07) is 7.85. The SMILES string of the molecule is CC(CO)CSc1ccccc1[C@H](C)O. The Balaban J connectivity index is 2.67. The summed E-state index contributed by atoms with van der Waals surface area (Å²) in [6.45, 7) is 4.00. The van der Waals surface area contributed by atoms with Crippen LogP contribution in [-0.2, 0) is 0 Å². The molecule has 1 unspecified atom stereocenters. The average Bonchev–Trinajstić information content (AvgIpc) is 2.26. The minimum atomic E-state index is -0.432. The summed E-state index contributed by atoms with van der Waals surface area (Å²) >= 11 is 1.69. The fraction of sp³-hybridized carbons (Fsp3) is 0.500. The van der Waals surface area contributed by atoms with Gasteiger partial charge in [0.25, 0.3) is 0 Å². The number of aliphatic hydroxyl groups is 2. The second-order valence-corrected chi connectivity index (χ2v) is 4.87. The van der Waals surface area contributed by atoms with Gasteiger partial charge >= 0.3 is 0 Å². The molecular weight excluding hydrogens is 208 g/mol. The molecule has 1 aromatic carbocycles. The molecule has 84 valence electrons. The summed E-state index contributed by atoms with van der Waals surface area (Å²) in [5.74, 6) is 1.16. The van der Waals surface area contributed by atoms with Gasteiger partial charge in [-0.25, -0.2) is 0 Å². The van der Waals surface area contributed by atoms with Crippen LogP contribution in [0.15, 0.2) is 29.2 Å². The van der Waals surface area contributed by atoms with Crippen LogP contribution in [0.1, 0.15) is 25.5 Å². The standard InChI is InChI=1S/C12H18O2S/c1-9(7-13)8-15-12-6-4-3-5-11(12)10(2)14/h3-6,9-10,13-14H,7-8H2,1-2H3/t9?,10-/m0/s1. The summed E-state index contributed by atoms with van der Waals surface area (Å²) in [7, 11) is 0. The molecule has 0 aliphatic carbocycles. The predicted molar refractivity (Wildman–Crippen MR) is 64.0 cm³/mol. The van der Waals surface area contributed by atoms with Gasteiger partial charge in [0.15, 0.2) is 0 Å². The van der Waals surface area contributed by atoms with Gasteiger partial charge in [-0.05, 0) is 24.5 Å². The molecule has 0 spiro atoms. The number of thioether (sulfide) groups is 1. The molecule has 0 amide bonds. The van der Waals surface area contributed by atoms with E-state index in [-0.39, 0.29) is 12.5 Å². The van der Waals surface area contributed by atoms with E-state index in [1.807, 2.05) is 31.2 Å². The number of hydrogen-bond acceptors (Lipinski definition) is 3. The van der Waals surface area contributed by atoms with Gasteiger partial charge in [-0.3, -0.25) is 0 Å². The largest absolute Gasteiger partial charge is 0.396 e. The highest BCUT2D eigenvalue weighted by molar-refractivity contribution is 7.99. The molecular formula is C12H18O2S. The average molecular weight is 226 g/mol. The fourth-order valence-corrected chi connectivity index (χ4v) is 2.39. The van der Waals surface area contributed by atoms with Crippen molar-refractivity contribution in [2.75, 3.05) is 12.4 Å². The Bertz CT molecular complexity index is 299. The van der Waals surface area contributed by atoms with E-state index in [1.165, 1.54) is 0 Å². The molecule has 0 aliphatic rings. The van der Waals surface area contributed by atoms with Crippen LogP contribution in [0.5, 0.6) is 0 Å². The van der Waals surface area contributed by atoms with Crippen molar-refractivity contribution in [3.63, 3.8) is 0 Å². The maximum atomic E-state index is 9.56. The molecule has 0 saturated heterocycles. The topological polar surface area (TPSA) is 40.5 Å². The Hall–Kier alpha value is -0.510. The van der Waals surface area contributed by atoms with Crippen LogP contribution in [0.4, 0.5) is 0 Å². The molecule has 2 atom stereocenters. The third kappa shape index (κ3) is 3.86. The molecule has 2 N–H and O–H groups in total. The minimum absolute atomic E-state index is 0.212. The number of rotatable bonds is 5. The van der Waals surface area contributed by atoms with E-state index < -0.39 is 6.10 Å². The first-order valence-corrected chi connectivity index (χ1v) is 6.14. The van der Waals surface area contributed by atoms with Crippen LogP contribution in [0.3, 0.4) is 0 Å². The second-order valence-electron chi connectivity index (χ2n) is 3.81. The Morgan fingerprint density at radius 2 is 1.93 bits per heavy atom. The van der Waals surface area contributed by atoms with E-state index >= 15 is 0 Å². The zero-order valence-corrected chi connectivity index (χ0v) is 10.00. The van der Waals surface area contributed by atoms with Crippen molar-refractivity contribution in [3.05, 3.63) is 29.8 Å². The van der Waals surface area contributed by atoms with Crippen LogP contribution >= 0.6 is 11.8 Å². The quantitative estimate of drug-likeness (QED) is 0.758. The molecule has 1 rings (SSSR count). The molecule has 0 aromatic heterocycles. The van der Waals surface area contributed by atoms with Gasteiger partial charge < -0.3 is 10.2 Å².